The number of hydrogen-bond acceptors (Lipinski definition) is 4. The molecule has 0 spiro atoms. The number of guanidine groups is 1. The minimum absolute atomic E-state index is 0.289. The lowest BCUT2D eigenvalue weighted by molar-refractivity contribution is -0.135. The Morgan fingerprint density at radius 3 is 2.77 bits per heavy atom. The van der Waals surface area contributed by atoms with Gasteiger partial charge < -0.3 is 16.2 Å². The summed E-state index contributed by atoms with van der Waals surface area (Å²) in [4.78, 5) is 26.3. The number of hydrogen-bond donors (Lipinski definition) is 4. The van der Waals surface area contributed by atoms with Gasteiger partial charge in [-0.25, -0.2) is 4.42 Å². The van der Waals surface area contributed by atoms with E-state index in [1.165, 1.54) is 18.5 Å². The van der Waals surface area contributed by atoms with E-state index in [4.69, 9.17) is 28.0 Å². The van der Waals surface area contributed by atoms with Gasteiger partial charge >= 0.3 is 5.97 Å². The number of pyridine rings is 1. The topological polar surface area (TPSA) is 132 Å². The molecular weight excluding hydrogens is 310 g/mol. The number of benzene rings is 1. The van der Waals surface area contributed by atoms with Gasteiger partial charge in [0, 0.05) is 34.3 Å². The molecule has 8 nitrogen and oxygen atoms in total. The third-order valence-corrected chi connectivity index (χ3v) is 3.19. The van der Waals surface area contributed by atoms with Gasteiger partial charge in [-0.05, 0) is 12.1 Å². The maximum absolute atomic E-state index is 11.8. The van der Waals surface area contributed by atoms with Crippen LogP contribution in [0, 0.1) is 5.41 Å². The van der Waals surface area contributed by atoms with E-state index in [1.54, 1.807) is 12.1 Å². The molecular formula is C13H12ClN5O3. The third kappa shape index (κ3) is 3.23. The molecule has 1 amide bonds. The van der Waals surface area contributed by atoms with E-state index >= 15 is 0 Å². The second-order valence-corrected chi connectivity index (χ2v) is 4.68. The summed E-state index contributed by atoms with van der Waals surface area (Å²) < 4.78 is 0.944. The summed E-state index contributed by atoms with van der Waals surface area (Å²) >= 11 is 5.91. The molecule has 0 fully saturated rings. The molecule has 22 heavy (non-hydrogen) atoms. The summed E-state index contributed by atoms with van der Waals surface area (Å²) in [5, 5.41) is 19.4. The molecule has 114 valence electrons. The van der Waals surface area contributed by atoms with Crippen LogP contribution in [-0.2, 0) is 4.79 Å². The lowest BCUT2D eigenvalue weighted by atomic mass is 10.1. The molecule has 5 N–H and O–H groups in total. The number of halogens is 1. The van der Waals surface area contributed by atoms with Gasteiger partial charge in [0.15, 0.2) is 0 Å². The van der Waals surface area contributed by atoms with Crippen molar-refractivity contribution in [3.8, 4) is 0 Å². The molecule has 1 aromatic heterocycles. The van der Waals surface area contributed by atoms with Gasteiger partial charge in [0.2, 0.25) is 5.96 Å². The van der Waals surface area contributed by atoms with Crippen molar-refractivity contribution in [1.29, 1.82) is 5.41 Å². The molecule has 0 unspecified atom stereocenters. The zero-order valence-electron chi connectivity index (χ0n) is 11.2. The largest absolute Gasteiger partial charge is 0.480 e. The quantitative estimate of drug-likeness (QED) is 0.376. The molecule has 2 aromatic rings. The predicted octanol–water partition coefficient (Wildman–Crippen LogP) is 0.903. The molecule has 0 aliphatic heterocycles. The zero-order valence-corrected chi connectivity index (χ0v) is 12.0. The highest BCUT2D eigenvalue weighted by Gasteiger charge is 2.13. The molecule has 0 bridgehead atoms. The van der Waals surface area contributed by atoms with Gasteiger partial charge in [-0.2, -0.15) is 0 Å². The van der Waals surface area contributed by atoms with Crippen molar-refractivity contribution >= 4 is 46.1 Å². The van der Waals surface area contributed by atoms with Crippen LogP contribution in [0.2, 0.25) is 0 Å². The van der Waals surface area contributed by atoms with Crippen LogP contribution in [0.4, 0.5) is 5.69 Å². The predicted molar refractivity (Wildman–Crippen MR) is 82.0 cm³/mol. The number of nitrogens with zero attached hydrogens (tertiary/aromatic N) is 2. The second-order valence-electron chi connectivity index (χ2n) is 4.34. The first-order chi connectivity index (χ1) is 10.4. The monoisotopic (exact) mass is 321 g/mol. The first kappa shape index (κ1) is 15.5. The Bertz CT molecular complexity index is 764. The first-order valence-electron chi connectivity index (χ1n) is 6.08. The van der Waals surface area contributed by atoms with Crippen LogP contribution >= 0.6 is 11.8 Å². The molecule has 0 radical (unpaired) electrons. The first-order valence-corrected chi connectivity index (χ1v) is 6.41. The van der Waals surface area contributed by atoms with E-state index in [9.17, 15) is 9.59 Å². The van der Waals surface area contributed by atoms with Crippen molar-refractivity contribution in [3.05, 3.63) is 36.2 Å². The molecule has 2 rings (SSSR count). The number of carboxylic acid groups (broad SMARTS) is 1. The smallest absolute Gasteiger partial charge is 0.322 e. The van der Waals surface area contributed by atoms with E-state index in [0.29, 0.717) is 16.5 Å². The minimum atomic E-state index is -1.13. The van der Waals surface area contributed by atoms with Crippen LogP contribution in [0.5, 0.6) is 0 Å². The Hall–Kier alpha value is -2.87. The Kier molecular flexibility index (Phi) is 4.42. The van der Waals surface area contributed by atoms with Crippen molar-refractivity contribution in [1.82, 2.24) is 10.3 Å². The van der Waals surface area contributed by atoms with Crippen LogP contribution in [-0.4, -0.2) is 34.5 Å². The maximum atomic E-state index is 11.8. The van der Waals surface area contributed by atoms with Gasteiger partial charge in [0.05, 0.1) is 11.9 Å². The van der Waals surface area contributed by atoms with E-state index in [1.807, 2.05) is 0 Å². The van der Waals surface area contributed by atoms with Gasteiger partial charge in [-0.3, -0.25) is 20.0 Å². The number of carboxylic acids is 1. The highest BCUT2D eigenvalue weighted by molar-refractivity contribution is 6.38. The lowest BCUT2D eigenvalue weighted by Crippen LogP contribution is -2.29. The van der Waals surface area contributed by atoms with Gasteiger partial charge in [-0.15, -0.1) is 0 Å². The lowest BCUT2D eigenvalue weighted by Gasteiger charge is -2.15. The average Bonchev–Trinajstić information content (AvgIpc) is 2.50. The summed E-state index contributed by atoms with van der Waals surface area (Å²) in [5.41, 5.74) is 6.03. The van der Waals surface area contributed by atoms with Crippen LogP contribution in [0.1, 0.15) is 10.4 Å². The minimum Gasteiger partial charge on any atom is -0.480 e. The summed E-state index contributed by atoms with van der Waals surface area (Å²) in [6, 6.07) is 4.70. The summed E-state index contributed by atoms with van der Waals surface area (Å²) in [5.74, 6) is -2.00. The van der Waals surface area contributed by atoms with Crippen LogP contribution in [0.15, 0.2) is 30.6 Å². The van der Waals surface area contributed by atoms with Crippen molar-refractivity contribution in [2.24, 2.45) is 5.73 Å². The van der Waals surface area contributed by atoms with Gasteiger partial charge in [0.1, 0.15) is 6.54 Å². The Morgan fingerprint density at radius 2 is 2.14 bits per heavy atom. The van der Waals surface area contributed by atoms with Gasteiger partial charge in [-0.1, -0.05) is 6.07 Å². The summed E-state index contributed by atoms with van der Waals surface area (Å²) in [6.07, 6.45) is 2.97. The number of fused-ring (bicyclic) bond motifs is 1. The molecule has 1 aromatic carbocycles. The highest BCUT2D eigenvalue weighted by Crippen LogP contribution is 2.27. The van der Waals surface area contributed by atoms with Crippen LogP contribution in [0.3, 0.4) is 0 Å². The van der Waals surface area contributed by atoms with E-state index < -0.39 is 18.4 Å². The average molecular weight is 322 g/mol. The second kappa shape index (κ2) is 6.27. The number of carbonyl (C=O) groups excluding carboxylic acids is 1. The Morgan fingerprint density at radius 1 is 1.41 bits per heavy atom. The molecule has 0 aliphatic carbocycles. The molecule has 0 saturated heterocycles. The molecule has 9 heteroatoms. The van der Waals surface area contributed by atoms with Crippen molar-refractivity contribution in [3.63, 3.8) is 0 Å². The number of carbonyl (C=O) groups is 2. The number of anilines is 1. The SMILES string of the molecule is N=C(N)N(Cl)c1cncc2cc(C(=O)NCC(=O)O)ccc12. The van der Waals surface area contributed by atoms with Crippen molar-refractivity contribution in [2.45, 2.75) is 0 Å². The number of nitrogens with one attached hydrogen (secondary N) is 2. The van der Waals surface area contributed by atoms with Crippen molar-refractivity contribution in [2.75, 3.05) is 11.0 Å². The van der Waals surface area contributed by atoms with E-state index in [-0.39, 0.29) is 11.5 Å². The standard InChI is InChI=1S/C13H12ClN5O3/c14-19(13(15)16)10-5-17-4-8-3-7(1-2-9(8)10)12(22)18-6-11(20)21/h1-5H,6H2,(H3,15,16)(H,18,22)(H,20,21). The van der Waals surface area contributed by atoms with E-state index in [0.717, 1.165) is 4.42 Å². The summed E-state index contributed by atoms with van der Waals surface area (Å²) in [7, 11) is 0. The Balaban J connectivity index is 2.38. The Labute approximate surface area is 130 Å². The fourth-order valence-corrected chi connectivity index (χ4v) is 1.98. The number of amides is 1. The number of nitrogens with two attached hydrogens (primary N) is 1. The van der Waals surface area contributed by atoms with E-state index in [2.05, 4.69) is 10.3 Å². The molecule has 0 aliphatic rings. The fourth-order valence-electron chi connectivity index (χ4n) is 1.85. The molecule has 1 heterocycles. The third-order valence-electron chi connectivity index (χ3n) is 2.82. The van der Waals surface area contributed by atoms with Crippen LogP contribution < -0.4 is 15.5 Å². The number of rotatable bonds is 4. The zero-order chi connectivity index (χ0) is 16.3. The van der Waals surface area contributed by atoms with Crippen LogP contribution in [0.25, 0.3) is 10.8 Å². The molecule has 0 saturated carbocycles. The number of aliphatic carboxylic acids is 1. The van der Waals surface area contributed by atoms with Crippen molar-refractivity contribution < 1.29 is 14.7 Å². The molecule has 0 atom stereocenters. The fraction of sp³-hybridized carbons (Fsp3) is 0.0769. The van der Waals surface area contributed by atoms with Gasteiger partial charge in [0.25, 0.3) is 5.91 Å². The number of aromatic nitrogens is 1. The summed E-state index contributed by atoms with van der Waals surface area (Å²) in [6.45, 7) is -0.463. The maximum Gasteiger partial charge on any atom is 0.322 e. The normalized spacial score (nSPS) is 10.2. The highest BCUT2D eigenvalue weighted by atomic mass is 35.5.